The molecule has 0 saturated heterocycles. The van der Waals surface area contributed by atoms with Crippen molar-refractivity contribution in [2.24, 2.45) is 5.41 Å². The molecule has 43 valence electrons. The third-order valence-corrected chi connectivity index (χ3v) is 1.39. The van der Waals surface area contributed by atoms with Gasteiger partial charge in [0, 0.05) is 0 Å². The summed E-state index contributed by atoms with van der Waals surface area (Å²) in [5.41, 5.74) is 0.667. The van der Waals surface area contributed by atoms with Gasteiger partial charge in [-0.1, -0.05) is 13.8 Å². The van der Waals surface area contributed by atoms with Crippen molar-refractivity contribution in [2.75, 3.05) is 0 Å². The minimum absolute atomic E-state index is 0. The van der Waals surface area contributed by atoms with Crippen molar-refractivity contribution >= 4 is 12.4 Å². The van der Waals surface area contributed by atoms with Crippen LogP contribution < -0.4 is 0 Å². The van der Waals surface area contributed by atoms with Crippen LogP contribution in [0.2, 0.25) is 0 Å². The summed E-state index contributed by atoms with van der Waals surface area (Å²) in [6, 6.07) is 0. The second-order valence-corrected chi connectivity index (χ2v) is 2.86. The molecule has 0 aromatic heterocycles. The Kier molecular flexibility index (Phi) is 2.12. The van der Waals surface area contributed by atoms with Crippen LogP contribution in [-0.2, 0) is 0 Å². The molecule has 0 aromatic carbocycles. The molecule has 1 radical (unpaired) electrons. The van der Waals surface area contributed by atoms with Crippen molar-refractivity contribution in [3.05, 3.63) is 6.42 Å². The van der Waals surface area contributed by atoms with Gasteiger partial charge in [0.2, 0.25) is 0 Å². The molecule has 0 aliphatic heterocycles. The molecule has 0 aromatic rings. The number of halogens is 1. The van der Waals surface area contributed by atoms with Crippen molar-refractivity contribution in [2.45, 2.75) is 26.7 Å². The lowest BCUT2D eigenvalue weighted by atomic mass is 9.72. The molecule has 1 aliphatic carbocycles. The first-order valence-electron chi connectivity index (χ1n) is 2.52. The number of hydrogen-bond donors (Lipinski definition) is 0. The molecule has 0 amide bonds. The first-order valence-corrected chi connectivity index (χ1v) is 2.52. The summed E-state index contributed by atoms with van der Waals surface area (Å²) in [6.07, 6.45) is 4.99. The van der Waals surface area contributed by atoms with E-state index < -0.39 is 0 Å². The fourth-order valence-corrected chi connectivity index (χ4v) is 0.722. The van der Waals surface area contributed by atoms with E-state index in [-0.39, 0.29) is 12.4 Å². The highest BCUT2D eigenvalue weighted by atomic mass is 35.5. The summed E-state index contributed by atoms with van der Waals surface area (Å²) in [7, 11) is 0. The molecule has 7 heavy (non-hydrogen) atoms. The maximum Gasteiger partial charge on any atom is -0.0349 e. The lowest BCUT2D eigenvalue weighted by Crippen LogP contribution is -2.20. The quantitative estimate of drug-likeness (QED) is 0.460. The van der Waals surface area contributed by atoms with E-state index in [4.69, 9.17) is 0 Å². The SMILES string of the molecule is CC1(C)C[CH]C1.Cl. The van der Waals surface area contributed by atoms with Gasteiger partial charge in [-0.2, -0.15) is 0 Å². The largest absolute Gasteiger partial charge is 0.147 e. The van der Waals surface area contributed by atoms with Gasteiger partial charge in [0.1, 0.15) is 0 Å². The molecule has 0 atom stereocenters. The molecule has 0 nitrogen and oxygen atoms in total. The highest BCUT2D eigenvalue weighted by Gasteiger charge is 2.25. The Hall–Kier alpha value is 0.290. The molecule has 0 heterocycles. The van der Waals surface area contributed by atoms with Crippen molar-refractivity contribution in [1.82, 2.24) is 0 Å². The highest BCUT2D eigenvalue weighted by Crippen LogP contribution is 2.37. The molecular formula is C6H12Cl. The fourth-order valence-electron chi connectivity index (χ4n) is 0.722. The third kappa shape index (κ3) is 1.68. The smallest absolute Gasteiger partial charge is 0.0349 e. The predicted molar refractivity (Wildman–Crippen MR) is 34.6 cm³/mol. The van der Waals surface area contributed by atoms with E-state index in [1.54, 1.807) is 0 Å². The zero-order valence-corrected chi connectivity index (χ0v) is 5.72. The Balaban J connectivity index is 0.000000360. The summed E-state index contributed by atoms with van der Waals surface area (Å²) >= 11 is 0. The van der Waals surface area contributed by atoms with Gasteiger partial charge in [0.25, 0.3) is 0 Å². The standard InChI is InChI=1S/C6H11.ClH/c1-6(2)4-3-5-6;/h3H,4-5H2,1-2H3;1H. The second kappa shape index (κ2) is 2.04. The van der Waals surface area contributed by atoms with Crippen LogP contribution in [-0.4, -0.2) is 0 Å². The molecular weight excluding hydrogens is 108 g/mol. The van der Waals surface area contributed by atoms with Crippen molar-refractivity contribution < 1.29 is 0 Å². The van der Waals surface area contributed by atoms with E-state index in [1.165, 1.54) is 12.8 Å². The van der Waals surface area contributed by atoms with E-state index in [0.717, 1.165) is 0 Å². The Bertz CT molecular complexity index is 51.2. The van der Waals surface area contributed by atoms with Crippen LogP contribution in [0.15, 0.2) is 0 Å². The van der Waals surface area contributed by atoms with Crippen molar-refractivity contribution in [3.63, 3.8) is 0 Å². The first kappa shape index (κ1) is 7.29. The Morgan fingerprint density at radius 2 is 1.57 bits per heavy atom. The summed E-state index contributed by atoms with van der Waals surface area (Å²) in [5, 5.41) is 0. The molecule has 0 bridgehead atoms. The van der Waals surface area contributed by atoms with Crippen LogP contribution in [0.4, 0.5) is 0 Å². The summed E-state index contributed by atoms with van der Waals surface area (Å²) < 4.78 is 0. The molecule has 1 aliphatic rings. The Morgan fingerprint density at radius 1 is 1.29 bits per heavy atom. The summed E-state index contributed by atoms with van der Waals surface area (Å²) in [4.78, 5) is 0. The average Bonchev–Trinajstić information content (AvgIpc) is 1.32. The topological polar surface area (TPSA) is 0 Å². The maximum atomic E-state index is 2.33. The van der Waals surface area contributed by atoms with Gasteiger partial charge >= 0.3 is 0 Å². The van der Waals surface area contributed by atoms with E-state index in [0.29, 0.717) is 5.41 Å². The van der Waals surface area contributed by atoms with Gasteiger partial charge in [-0.3, -0.25) is 0 Å². The number of rotatable bonds is 0. The predicted octanol–water partition coefficient (Wildman–Crippen LogP) is 2.43. The zero-order chi connectivity index (χ0) is 4.62. The Morgan fingerprint density at radius 3 is 1.57 bits per heavy atom. The van der Waals surface area contributed by atoms with Crippen LogP contribution in [0.5, 0.6) is 0 Å². The normalized spacial score (nSPS) is 24.9. The van der Waals surface area contributed by atoms with Gasteiger partial charge < -0.3 is 0 Å². The third-order valence-electron chi connectivity index (χ3n) is 1.39. The van der Waals surface area contributed by atoms with E-state index in [1.807, 2.05) is 0 Å². The van der Waals surface area contributed by atoms with E-state index >= 15 is 0 Å². The lowest BCUT2D eigenvalue weighted by Gasteiger charge is -2.33. The highest BCUT2D eigenvalue weighted by molar-refractivity contribution is 5.85. The first-order chi connectivity index (χ1) is 2.71. The van der Waals surface area contributed by atoms with Crippen LogP contribution >= 0.6 is 12.4 Å². The molecule has 0 unspecified atom stereocenters. The van der Waals surface area contributed by atoms with Crippen LogP contribution in [0, 0.1) is 11.8 Å². The maximum absolute atomic E-state index is 2.33. The van der Waals surface area contributed by atoms with Crippen LogP contribution in [0.3, 0.4) is 0 Å². The number of hydrogen-bond acceptors (Lipinski definition) is 0. The molecule has 0 N–H and O–H groups in total. The molecule has 1 rings (SSSR count). The zero-order valence-electron chi connectivity index (χ0n) is 4.90. The van der Waals surface area contributed by atoms with Gasteiger partial charge in [0.15, 0.2) is 0 Å². The minimum Gasteiger partial charge on any atom is -0.147 e. The van der Waals surface area contributed by atoms with Crippen LogP contribution in [0.1, 0.15) is 26.7 Å². The van der Waals surface area contributed by atoms with Gasteiger partial charge in [0.05, 0.1) is 0 Å². The van der Waals surface area contributed by atoms with E-state index in [9.17, 15) is 0 Å². The molecule has 1 saturated carbocycles. The summed E-state index contributed by atoms with van der Waals surface area (Å²) in [5.74, 6) is 0. The van der Waals surface area contributed by atoms with Gasteiger partial charge in [-0.15, -0.1) is 12.4 Å². The summed E-state index contributed by atoms with van der Waals surface area (Å²) in [6.45, 7) is 4.60. The second-order valence-electron chi connectivity index (χ2n) is 2.86. The Labute approximate surface area is 51.7 Å². The van der Waals surface area contributed by atoms with Crippen LogP contribution in [0.25, 0.3) is 0 Å². The molecule has 0 spiro atoms. The van der Waals surface area contributed by atoms with Crippen molar-refractivity contribution in [3.8, 4) is 0 Å². The average molecular weight is 120 g/mol. The van der Waals surface area contributed by atoms with Gasteiger partial charge in [-0.25, -0.2) is 0 Å². The van der Waals surface area contributed by atoms with Crippen molar-refractivity contribution in [1.29, 1.82) is 0 Å². The van der Waals surface area contributed by atoms with E-state index in [2.05, 4.69) is 20.3 Å². The monoisotopic (exact) mass is 119 g/mol. The molecule has 1 heteroatoms. The van der Waals surface area contributed by atoms with Gasteiger partial charge in [-0.05, 0) is 24.7 Å². The lowest BCUT2D eigenvalue weighted by molar-refractivity contribution is 0.265. The minimum atomic E-state index is 0. The fraction of sp³-hybridized carbons (Fsp3) is 0.833. The molecule has 1 fully saturated rings.